The molecule has 0 spiro atoms. The quantitative estimate of drug-likeness (QED) is 0.347. The van der Waals surface area contributed by atoms with Crippen LogP contribution in [0, 0.1) is 13.8 Å². The zero-order valence-corrected chi connectivity index (χ0v) is 20.3. The third-order valence-corrected chi connectivity index (χ3v) is 6.65. The van der Waals surface area contributed by atoms with Crippen molar-refractivity contribution in [3.05, 3.63) is 71.8 Å². The molecule has 0 atom stereocenters. The van der Waals surface area contributed by atoms with Crippen LogP contribution in [0.2, 0.25) is 0 Å². The van der Waals surface area contributed by atoms with Crippen molar-refractivity contribution in [2.24, 2.45) is 0 Å². The van der Waals surface area contributed by atoms with Crippen molar-refractivity contribution >= 4 is 40.1 Å². The van der Waals surface area contributed by atoms with Crippen molar-refractivity contribution in [1.29, 1.82) is 0 Å². The number of nitrogens with one attached hydrogen (secondary N) is 1. The van der Waals surface area contributed by atoms with E-state index in [0.29, 0.717) is 5.75 Å². The lowest BCUT2D eigenvalue weighted by Crippen LogP contribution is -2.21. The molecule has 0 aliphatic heterocycles. The van der Waals surface area contributed by atoms with Gasteiger partial charge < -0.3 is 10.2 Å². The molecule has 170 valence electrons. The maximum atomic E-state index is 12.5. The summed E-state index contributed by atoms with van der Waals surface area (Å²) in [6.07, 6.45) is 0. The number of rotatable bonds is 8. The number of aryl methyl sites for hydroxylation is 2. The van der Waals surface area contributed by atoms with Crippen LogP contribution >= 0.6 is 11.8 Å². The lowest BCUT2D eigenvalue weighted by Gasteiger charge is -2.22. The lowest BCUT2D eigenvalue weighted by atomic mass is 10.1. The number of aromatic nitrogens is 3. The predicted octanol–water partition coefficient (Wildman–Crippen LogP) is 5.61. The number of fused-ring (bicyclic) bond motifs is 1. The fourth-order valence-electron chi connectivity index (χ4n) is 3.81. The van der Waals surface area contributed by atoms with Gasteiger partial charge in [-0.2, -0.15) is 4.80 Å². The summed E-state index contributed by atoms with van der Waals surface area (Å²) in [7, 11) is 0. The first kappa shape index (κ1) is 22.9. The number of amides is 1. The molecule has 1 amide bonds. The van der Waals surface area contributed by atoms with Crippen molar-refractivity contribution in [3.63, 3.8) is 0 Å². The van der Waals surface area contributed by atoms with Gasteiger partial charge in [-0.15, -0.1) is 22.0 Å². The Kier molecular flexibility index (Phi) is 6.99. The molecule has 7 heteroatoms. The lowest BCUT2D eigenvalue weighted by molar-refractivity contribution is -0.113. The van der Waals surface area contributed by atoms with Gasteiger partial charge in [0.2, 0.25) is 5.91 Å². The number of hydrogen-bond donors (Lipinski definition) is 1. The number of benzene rings is 3. The number of nitrogens with zero attached hydrogens (tertiary/aromatic N) is 4. The standard InChI is InChI=1S/C26H29N5OS/c1-5-30(6-2)20-12-13-25(19(4)14-20)31-28-23-15-18(3)22(16-24(23)29-31)27-26(32)17-33-21-10-8-7-9-11-21/h7-16H,5-6,17H2,1-4H3,(H,27,32). The molecule has 0 unspecified atom stereocenters. The normalized spacial score (nSPS) is 11.0. The van der Waals surface area contributed by atoms with E-state index in [2.05, 4.69) is 49.2 Å². The van der Waals surface area contributed by atoms with Crippen molar-refractivity contribution < 1.29 is 4.79 Å². The molecule has 1 N–H and O–H groups in total. The second-order valence-corrected chi connectivity index (χ2v) is 8.99. The topological polar surface area (TPSA) is 63.1 Å². The molecule has 33 heavy (non-hydrogen) atoms. The van der Waals surface area contributed by atoms with E-state index in [4.69, 9.17) is 10.2 Å². The predicted molar refractivity (Wildman–Crippen MR) is 138 cm³/mol. The van der Waals surface area contributed by atoms with Crippen LogP contribution in [0.3, 0.4) is 0 Å². The van der Waals surface area contributed by atoms with Crippen LogP contribution < -0.4 is 10.2 Å². The fourth-order valence-corrected chi connectivity index (χ4v) is 4.53. The summed E-state index contributed by atoms with van der Waals surface area (Å²) in [5.41, 5.74) is 6.54. The largest absolute Gasteiger partial charge is 0.372 e. The molecule has 1 aromatic heterocycles. The SMILES string of the molecule is CCN(CC)c1ccc(-n2nc3cc(C)c(NC(=O)CSc4ccccc4)cc3n2)c(C)c1. The van der Waals surface area contributed by atoms with Crippen LogP contribution in [-0.4, -0.2) is 39.7 Å². The van der Waals surface area contributed by atoms with Gasteiger partial charge >= 0.3 is 0 Å². The van der Waals surface area contributed by atoms with Crippen molar-refractivity contribution in [2.75, 3.05) is 29.1 Å². The molecule has 0 aliphatic rings. The van der Waals surface area contributed by atoms with Gasteiger partial charge in [0.15, 0.2) is 0 Å². The first-order valence-electron chi connectivity index (χ1n) is 11.2. The monoisotopic (exact) mass is 459 g/mol. The van der Waals surface area contributed by atoms with Crippen molar-refractivity contribution in [3.8, 4) is 5.69 Å². The zero-order chi connectivity index (χ0) is 23.4. The zero-order valence-electron chi connectivity index (χ0n) is 19.5. The minimum atomic E-state index is -0.0402. The molecular formula is C26H29N5OS. The second-order valence-electron chi connectivity index (χ2n) is 7.94. The Morgan fingerprint density at radius 1 is 0.939 bits per heavy atom. The number of anilines is 2. The Morgan fingerprint density at radius 3 is 2.30 bits per heavy atom. The molecule has 0 saturated heterocycles. The highest BCUT2D eigenvalue weighted by Gasteiger charge is 2.13. The number of thioether (sulfide) groups is 1. The van der Waals surface area contributed by atoms with Crippen molar-refractivity contribution in [1.82, 2.24) is 15.0 Å². The summed E-state index contributed by atoms with van der Waals surface area (Å²) in [5.74, 6) is 0.313. The summed E-state index contributed by atoms with van der Waals surface area (Å²) in [5, 5.41) is 12.4. The molecule has 4 aromatic rings. The minimum absolute atomic E-state index is 0.0402. The number of carbonyl (C=O) groups excluding carboxylic acids is 1. The van der Waals surface area contributed by atoms with Crippen LogP contribution in [0.5, 0.6) is 0 Å². The van der Waals surface area contributed by atoms with Crippen LogP contribution in [0.25, 0.3) is 16.7 Å². The highest BCUT2D eigenvalue weighted by molar-refractivity contribution is 8.00. The Bertz CT molecular complexity index is 1260. The van der Waals surface area contributed by atoms with Crippen LogP contribution in [0.1, 0.15) is 25.0 Å². The summed E-state index contributed by atoms with van der Waals surface area (Å²) in [6.45, 7) is 10.3. The molecule has 6 nitrogen and oxygen atoms in total. The van der Waals surface area contributed by atoms with Gasteiger partial charge in [0.25, 0.3) is 0 Å². The Labute approximate surface area is 199 Å². The fraction of sp³-hybridized carbons (Fsp3) is 0.269. The first-order chi connectivity index (χ1) is 16.0. The van der Waals surface area contributed by atoms with E-state index in [1.807, 2.05) is 49.4 Å². The van der Waals surface area contributed by atoms with E-state index in [1.54, 1.807) is 4.80 Å². The molecule has 3 aromatic carbocycles. The highest BCUT2D eigenvalue weighted by atomic mass is 32.2. The van der Waals surface area contributed by atoms with E-state index >= 15 is 0 Å². The smallest absolute Gasteiger partial charge is 0.234 e. The van der Waals surface area contributed by atoms with E-state index in [0.717, 1.165) is 51.5 Å². The molecule has 0 bridgehead atoms. The Hall–Kier alpha value is -3.32. The molecular weight excluding hydrogens is 430 g/mol. The number of hydrogen-bond acceptors (Lipinski definition) is 5. The van der Waals surface area contributed by atoms with Crippen LogP contribution in [0.15, 0.2) is 65.6 Å². The average Bonchev–Trinajstić information content (AvgIpc) is 3.22. The molecule has 0 aliphatic carbocycles. The van der Waals surface area contributed by atoms with Gasteiger partial charge in [-0.05, 0) is 81.3 Å². The third-order valence-electron chi connectivity index (χ3n) is 5.64. The molecule has 0 radical (unpaired) electrons. The van der Waals surface area contributed by atoms with Gasteiger partial charge in [-0.1, -0.05) is 18.2 Å². The Balaban J connectivity index is 1.53. The maximum absolute atomic E-state index is 12.5. The van der Waals surface area contributed by atoms with Gasteiger partial charge in [-0.25, -0.2) is 0 Å². The summed E-state index contributed by atoms with van der Waals surface area (Å²) >= 11 is 1.52. The van der Waals surface area contributed by atoms with Crippen LogP contribution in [-0.2, 0) is 4.79 Å². The van der Waals surface area contributed by atoms with Gasteiger partial charge in [0.1, 0.15) is 11.0 Å². The maximum Gasteiger partial charge on any atom is 0.234 e. The molecule has 4 rings (SSSR count). The third kappa shape index (κ3) is 5.20. The minimum Gasteiger partial charge on any atom is -0.372 e. The van der Waals surface area contributed by atoms with Gasteiger partial charge in [0, 0.05) is 29.4 Å². The van der Waals surface area contributed by atoms with E-state index in [-0.39, 0.29) is 5.91 Å². The highest BCUT2D eigenvalue weighted by Crippen LogP contribution is 2.25. The Morgan fingerprint density at radius 2 is 1.64 bits per heavy atom. The molecule has 0 saturated carbocycles. The first-order valence-corrected chi connectivity index (χ1v) is 12.2. The second kappa shape index (κ2) is 10.1. The van der Waals surface area contributed by atoms with Crippen molar-refractivity contribution in [2.45, 2.75) is 32.6 Å². The molecule has 0 fully saturated rings. The van der Waals surface area contributed by atoms with Crippen LogP contribution in [0.4, 0.5) is 11.4 Å². The summed E-state index contributed by atoms with van der Waals surface area (Å²) in [6, 6.07) is 20.2. The van der Waals surface area contributed by atoms with E-state index < -0.39 is 0 Å². The average molecular weight is 460 g/mol. The van der Waals surface area contributed by atoms with Gasteiger partial charge in [-0.3, -0.25) is 4.79 Å². The van der Waals surface area contributed by atoms with E-state index in [9.17, 15) is 4.79 Å². The summed E-state index contributed by atoms with van der Waals surface area (Å²) < 4.78 is 0. The van der Waals surface area contributed by atoms with E-state index in [1.165, 1.54) is 17.4 Å². The number of carbonyl (C=O) groups is 1. The summed E-state index contributed by atoms with van der Waals surface area (Å²) in [4.78, 5) is 17.6. The molecule has 1 heterocycles. The van der Waals surface area contributed by atoms with Gasteiger partial charge in [0.05, 0.1) is 11.4 Å².